The van der Waals surface area contributed by atoms with Gasteiger partial charge in [-0.25, -0.2) is 9.67 Å². The molecule has 1 aromatic heterocycles. The Morgan fingerprint density at radius 2 is 2.10 bits per heavy atom. The molecule has 0 aliphatic heterocycles. The van der Waals surface area contributed by atoms with Gasteiger partial charge in [-0.1, -0.05) is 17.7 Å². The number of nitrogens with one attached hydrogen (secondary N) is 1. The molecule has 1 amide bonds. The zero-order valence-electron chi connectivity index (χ0n) is 11.7. The Hall–Kier alpha value is -2.21. The SMILES string of the molecule is COCCCNC(=O)c1ncn(-c2ccc(C)cc2)n1. The zero-order chi connectivity index (χ0) is 14.4. The minimum atomic E-state index is -0.271. The van der Waals surface area contributed by atoms with Gasteiger partial charge in [0, 0.05) is 20.3 Å². The zero-order valence-corrected chi connectivity index (χ0v) is 11.7. The third-order valence-corrected chi connectivity index (χ3v) is 2.80. The molecule has 0 aliphatic carbocycles. The van der Waals surface area contributed by atoms with Crippen molar-refractivity contribution in [2.75, 3.05) is 20.3 Å². The second kappa shape index (κ2) is 6.81. The van der Waals surface area contributed by atoms with Gasteiger partial charge in [-0.05, 0) is 25.5 Å². The molecule has 2 rings (SSSR count). The summed E-state index contributed by atoms with van der Waals surface area (Å²) in [5.41, 5.74) is 2.05. The van der Waals surface area contributed by atoms with Crippen LogP contribution >= 0.6 is 0 Å². The molecule has 20 heavy (non-hydrogen) atoms. The van der Waals surface area contributed by atoms with Crippen molar-refractivity contribution in [2.45, 2.75) is 13.3 Å². The van der Waals surface area contributed by atoms with E-state index in [0.717, 1.165) is 12.1 Å². The molecule has 6 heteroatoms. The summed E-state index contributed by atoms with van der Waals surface area (Å²) in [6, 6.07) is 7.84. The summed E-state index contributed by atoms with van der Waals surface area (Å²) in [6.07, 6.45) is 2.30. The van der Waals surface area contributed by atoms with Gasteiger partial charge in [-0.15, -0.1) is 5.10 Å². The number of rotatable bonds is 6. The maximum atomic E-state index is 11.8. The van der Waals surface area contributed by atoms with E-state index < -0.39 is 0 Å². The topological polar surface area (TPSA) is 69.0 Å². The lowest BCUT2D eigenvalue weighted by Gasteiger charge is -2.02. The van der Waals surface area contributed by atoms with Crippen molar-refractivity contribution in [1.82, 2.24) is 20.1 Å². The van der Waals surface area contributed by atoms with Crippen molar-refractivity contribution in [3.05, 3.63) is 42.0 Å². The number of ether oxygens (including phenoxy) is 1. The van der Waals surface area contributed by atoms with Crippen LogP contribution in [-0.4, -0.2) is 40.9 Å². The van der Waals surface area contributed by atoms with Crippen LogP contribution in [-0.2, 0) is 4.74 Å². The van der Waals surface area contributed by atoms with E-state index in [1.807, 2.05) is 31.2 Å². The first-order valence-corrected chi connectivity index (χ1v) is 6.46. The summed E-state index contributed by atoms with van der Waals surface area (Å²) in [4.78, 5) is 15.8. The Labute approximate surface area is 117 Å². The number of carbonyl (C=O) groups excluding carboxylic acids is 1. The highest BCUT2D eigenvalue weighted by molar-refractivity contribution is 5.90. The highest BCUT2D eigenvalue weighted by Gasteiger charge is 2.11. The van der Waals surface area contributed by atoms with Crippen molar-refractivity contribution in [3.63, 3.8) is 0 Å². The third-order valence-electron chi connectivity index (χ3n) is 2.80. The summed E-state index contributed by atoms with van der Waals surface area (Å²) >= 11 is 0. The second-order valence-corrected chi connectivity index (χ2v) is 4.45. The summed E-state index contributed by atoms with van der Waals surface area (Å²) in [5, 5.41) is 6.92. The Kier molecular flexibility index (Phi) is 4.84. The van der Waals surface area contributed by atoms with Crippen LogP contribution < -0.4 is 5.32 Å². The molecule has 0 spiro atoms. The fourth-order valence-corrected chi connectivity index (χ4v) is 1.69. The van der Waals surface area contributed by atoms with Crippen molar-refractivity contribution >= 4 is 5.91 Å². The van der Waals surface area contributed by atoms with Gasteiger partial charge in [-0.2, -0.15) is 0 Å². The number of aromatic nitrogens is 3. The average molecular weight is 274 g/mol. The standard InChI is InChI=1S/C14H18N4O2/c1-11-4-6-12(7-5-11)18-10-16-13(17-18)14(19)15-8-3-9-20-2/h4-7,10H,3,8-9H2,1-2H3,(H,15,19). The molecule has 0 saturated heterocycles. The van der Waals surface area contributed by atoms with E-state index in [9.17, 15) is 4.79 Å². The number of methoxy groups -OCH3 is 1. The Morgan fingerprint density at radius 3 is 2.80 bits per heavy atom. The average Bonchev–Trinajstić information content (AvgIpc) is 2.94. The van der Waals surface area contributed by atoms with Crippen LogP contribution in [0, 0.1) is 6.92 Å². The minimum absolute atomic E-state index is 0.169. The number of nitrogens with zero attached hydrogens (tertiary/aromatic N) is 3. The molecule has 0 unspecified atom stereocenters. The smallest absolute Gasteiger partial charge is 0.290 e. The Morgan fingerprint density at radius 1 is 1.35 bits per heavy atom. The van der Waals surface area contributed by atoms with Crippen LogP contribution in [0.25, 0.3) is 5.69 Å². The summed E-state index contributed by atoms with van der Waals surface area (Å²) < 4.78 is 6.50. The molecule has 0 bridgehead atoms. The fraction of sp³-hybridized carbons (Fsp3) is 0.357. The van der Waals surface area contributed by atoms with Crippen molar-refractivity contribution in [2.24, 2.45) is 0 Å². The molecule has 0 atom stereocenters. The van der Waals surface area contributed by atoms with Crippen LogP contribution in [0.15, 0.2) is 30.6 Å². The molecule has 0 aliphatic rings. The number of amides is 1. The number of carbonyl (C=O) groups is 1. The van der Waals surface area contributed by atoms with Gasteiger partial charge in [0.25, 0.3) is 5.91 Å². The minimum Gasteiger partial charge on any atom is -0.385 e. The third kappa shape index (κ3) is 3.64. The van der Waals surface area contributed by atoms with Crippen molar-refractivity contribution in [1.29, 1.82) is 0 Å². The van der Waals surface area contributed by atoms with E-state index in [1.54, 1.807) is 11.8 Å². The first kappa shape index (κ1) is 14.2. The Bertz CT molecular complexity index is 563. The molecule has 6 nitrogen and oxygen atoms in total. The number of hydrogen-bond donors (Lipinski definition) is 1. The van der Waals surface area contributed by atoms with Gasteiger partial charge in [0.2, 0.25) is 5.82 Å². The molecule has 1 aromatic carbocycles. The summed E-state index contributed by atoms with van der Waals surface area (Å²) in [6.45, 7) is 3.18. The summed E-state index contributed by atoms with van der Waals surface area (Å²) in [5.74, 6) is -0.102. The molecule has 0 saturated carbocycles. The van der Waals surface area contributed by atoms with Gasteiger partial charge in [-0.3, -0.25) is 4.79 Å². The first-order chi connectivity index (χ1) is 9.70. The van der Waals surface area contributed by atoms with Crippen molar-refractivity contribution in [3.8, 4) is 5.69 Å². The van der Waals surface area contributed by atoms with E-state index in [1.165, 1.54) is 11.9 Å². The maximum absolute atomic E-state index is 11.8. The quantitative estimate of drug-likeness (QED) is 0.807. The van der Waals surface area contributed by atoms with Gasteiger partial charge >= 0.3 is 0 Å². The van der Waals surface area contributed by atoms with Crippen LogP contribution in [0.5, 0.6) is 0 Å². The molecular formula is C14H18N4O2. The molecule has 106 valence electrons. The molecular weight excluding hydrogens is 256 g/mol. The van der Waals surface area contributed by atoms with Gasteiger partial charge in [0.05, 0.1) is 5.69 Å². The maximum Gasteiger partial charge on any atom is 0.290 e. The first-order valence-electron chi connectivity index (χ1n) is 6.46. The van der Waals surface area contributed by atoms with E-state index in [2.05, 4.69) is 15.4 Å². The lowest BCUT2D eigenvalue weighted by molar-refractivity contribution is 0.0938. The van der Waals surface area contributed by atoms with E-state index in [-0.39, 0.29) is 11.7 Å². The van der Waals surface area contributed by atoms with Gasteiger partial charge in [0.15, 0.2) is 0 Å². The van der Waals surface area contributed by atoms with Gasteiger partial charge < -0.3 is 10.1 Å². The number of aryl methyl sites for hydroxylation is 1. The second-order valence-electron chi connectivity index (χ2n) is 4.45. The fourth-order valence-electron chi connectivity index (χ4n) is 1.69. The highest BCUT2D eigenvalue weighted by atomic mass is 16.5. The molecule has 0 fully saturated rings. The number of hydrogen-bond acceptors (Lipinski definition) is 4. The van der Waals surface area contributed by atoms with Crippen LogP contribution in [0.3, 0.4) is 0 Å². The van der Waals surface area contributed by atoms with Crippen LogP contribution in [0.2, 0.25) is 0 Å². The molecule has 0 radical (unpaired) electrons. The van der Waals surface area contributed by atoms with E-state index in [4.69, 9.17) is 4.74 Å². The van der Waals surface area contributed by atoms with Crippen LogP contribution in [0.4, 0.5) is 0 Å². The largest absolute Gasteiger partial charge is 0.385 e. The van der Waals surface area contributed by atoms with Gasteiger partial charge in [0.1, 0.15) is 6.33 Å². The molecule has 1 heterocycles. The lowest BCUT2D eigenvalue weighted by Crippen LogP contribution is -2.26. The molecule has 2 aromatic rings. The predicted molar refractivity (Wildman–Crippen MR) is 74.9 cm³/mol. The normalized spacial score (nSPS) is 10.5. The molecule has 1 N–H and O–H groups in total. The van der Waals surface area contributed by atoms with E-state index in [0.29, 0.717) is 13.2 Å². The predicted octanol–water partition coefficient (Wildman–Crippen LogP) is 1.34. The number of benzene rings is 1. The Balaban J connectivity index is 1.98. The highest BCUT2D eigenvalue weighted by Crippen LogP contribution is 2.07. The monoisotopic (exact) mass is 274 g/mol. The lowest BCUT2D eigenvalue weighted by atomic mass is 10.2. The summed E-state index contributed by atoms with van der Waals surface area (Å²) in [7, 11) is 1.63. The van der Waals surface area contributed by atoms with E-state index >= 15 is 0 Å². The van der Waals surface area contributed by atoms with Crippen LogP contribution in [0.1, 0.15) is 22.6 Å². The van der Waals surface area contributed by atoms with Crippen molar-refractivity contribution < 1.29 is 9.53 Å².